The van der Waals surface area contributed by atoms with Crippen molar-refractivity contribution in [1.29, 1.82) is 0 Å². The fourth-order valence-corrected chi connectivity index (χ4v) is 4.00. The smallest absolute Gasteiger partial charge is 0.317 e. The first kappa shape index (κ1) is 14.6. The monoisotopic (exact) mass is 268 g/mol. The van der Waals surface area contributed by atoms with Crippen LogP contribution in [0.2, 0.25) is 0 Å². The summed E-state index contributed by atoms with van der Waals surface area (Å²) in [7, 11) is 0. The van der Waals surface area contributed by atoms with Gasteiger partial charge >= 0.3 is 6.03 Å². The Hall–Kier alpha value is -0.770. The minimum Gasteiger partial charge on any atom is -0.395 e. The second-order valence-electron chi connectivity index (χ2n) is 6.29. The molecular formula is C15H28N2O2. The van der Waals surface area contributed by atoms with Gasteiger partial charge in [0.2, 0.25) is 0 Å². The fourth-order valence-electron chi connectivity index (χ4n) is 4.00. The highest BCUT2D eigenvalue weighted by Crippen LogP contribution is 2.49. The number of amides is 2. The number of hydrogen-bond acceptors (Lipinski definition) is 2. The Kier molecular flexibility index (Phi) is 5.08. The Morgan fingerprint density at radius 1 is 1.37 bits per heavy atom. The first-order chi connectivity index (χ1) is 9.15. The minimum atomic E-state index is -0.00817. The van der Waals surface area contributed by atoms with Crippen molar-refractivity contribution in [3.8, 4) is 0 Å². The molecule has 2 fully saturated rings. The van der Waals surface area contributed by atoms with Crippen LogP contribution in [0.5, 0.6) is 0 Å². The second-order valence-corrected chi connectivity index (χ2v) is 6.29. The molecule has 2 aliphatic carbocycles. The zero-order valence-electron chi connectivity index (χ0n) is 12.3. The third-order valence-corrected chi connectivity index (χ3v) is 4.94. The van der Waals surface area contributed by atoms with Gasteiger partial charge in [0.05, 0.1) is 6.61 Å². The lowest BCUT2D eigenvalue weighted by molar-refractivity contribution is 0.166. The molecule has 2 N–H and O–H groups in total. The van der Waals surface area contributed by atoms with Gasteiger partial charge in [-0.3, -0.25) is 0 Å². The van der Waals surface area contributed by atoms with E-state index in [1.807, 2.05) is 0 Å². The van der Waals surface area contributed by atoms with E-state index in [0.29, 0.717) is 12.5 Å². The molecule has 19 heavy (non-hydrogen) atoms. The molecule has 0 spiro atoms. The lowest BCUT2D eigenvalue weighted by atomic mass is 9.84. The van der Waals surface area contributed by atoms with E-state index in [-0.39, 0.29) is 18.7 Å². The number of nitrogens with one attached hydrogen (secondary N) is 1. The number of carbonyl (C=O) groups is 1. The van der Waals surface area contributed by atoms with Crippen LogP contribution in [-0.2, 0) is 0 Å². The molecular weight excluding hydrogens is 240 g/mol. The zero-order chi connectivity index (χ0) is 13.8. The zero-order valence-corrected chi connectivity index (χ0v) is 12.3. The molecule has 2 rings (SSSR count). The summed E-state index contributed by atoms with van der Waals surface area (Å²) >= 11 is 0. The van der Waals surface area contributed by atoms with Crippen molar-refractivity contribution in [3.05, 3.63) is 0 Å². The molecule has 4 nitrogen and oxygen atoms in total. The molecule has 0 aromatic carbocycles. The number of fused-ring (bicyclic) bond motifs is 2. The van der Waals surface area contributed by atoms with Gasteiger partial charge in [-0.15, -0.1) is 0 Å². The van der Waals surface area contributed by atoms with Gasteiger partial charge in [-0.1, -0.05) is 13.3 Å². The Balaban J connectivity index is 1.83. The number of carbonyl (C=O) groups excluding carboxylic acids is 1. The Morgan fingerprint density at radius 3 is 2.68 bits per heavy atom. The van der Waals surface area contributed by atoms with Crippen molar-refractivity contribution in [3.63, 3.8) is 0 Å². The second kappa shape index (κ2) is 6.60. The van der Waals surface area contributed by atoms with E-state index in [0.717, 1.165) is 24.8 Å². The molecule has 0 aromatic rings. The van der Waals surface area contributed by atoms with Crippen LogP contribution in [-0.4, -0.2) is 41.8 Å². The van der Waals surface area contributed by atoms with E-state index in [2.05, 4.69) is 19.2 Å². The van der Waals surface area contributed by atoms with Crippen molar-refractivity contribution in [2.24, 2.45) is 17.8 Å². The van der Waals surface area contributed by atoms with Crippen LogP contribution in [0.25, 0.3) is 0 Å². The van der Waals surface area contributed by atoms with E-state index in [9.17, 15) is 4.79 Å². The molecule has 110 valence electrons. The number of rotatable bonds is 6. The van der Waals surface area contributed by atoms with Crippen LogP contribution in [0.3, 0.4) is 0 Å². The summed E-state index contributed by atoms with van der Waals surface area (Å²) in [6.45, 7) is 5.39. The van der Waals surface area contributed by atoms with Crippen LogP contribution in [0.15, 0.2) is 0 Å². The highest BCUT2D eigenvalue weighted by molar-refractivity contribution is 5.74. The van der Waals surface area contributed by atoms with E-state index < -0.39 is 0 Å². The maximum atomic E-state index is 12.2. The van der Waals surface area contributed by atoms with Gasteiger partial charge in [0.15, 0.2) is 0 Å². The molecule has 0 aliphatic heterocycles. The molecule has 2 bridgehead atoms. The van der Waals surface area contributed by atoms with Gasteiger partial charge in [0.1, 0.15) is 0 Å². The first-order valence-electron chi connectivity index (χ1n) is 7.82. The quantitative estimate of drug-likeness (QED) is 0.776. The van der Waals surface area contributed by atoms with Crippen LogP contribution in [0.1, 0.15) is 46.0 Å². The van der Waals surface area contributed by atoms with Gasteiger partial charge in [-0.25, -0.2) is 4.79 Å². The molecule has 2 amide bonds. The van der Waals surface area contributed by atoms with Crippen molar-refractivity contribution >= 4 is 6.03 Å². The van der Waals surface area contributed by atoms with Gasteiger partial charge in [-0.05, 0) is 50.4 Å². The largest absolute Gasteiger partial charge is 0.395 e. The summed E-state index contributed by atoms with van der Waals surface area (Å²) in [5.74, 6) is 2.41. The Bertz CT molecular complexity index is 303. The average molecular weight is 268 g/mol. The van der Waals surface area contributed by atoms with E-state index in [1.165, 1.54) is 25.7 Å². The maximum absolute atomic E-state index is 12.2. The number of nitrogens with zero attached hydrogens (tertiary/aromatic N) is 1. The van der Waals surface area contributed by atoms with Gasteiger partial charge in [0.25, 0.3) is 0 Å². The molecule has 0 saturated heterocycles. The molecule has 0 radical (unpaired) electrons. The maximum Gasteiger partial charge on any atom is 0.317 e. The summed E-state index contributed by atoms with van der Waals surface area (Å²) in [6.07, 6.45) is 6.34. The third kappa shape index (κ3) is 3.41. The van der Waals surface area contributed by atoms with Crippen LogP contribution in [0.4, 0.5) is 4.79 Å². The number of aliphatic hydroxyl groups excluding tert-OH is 1. The van der Waals surface area contributed by atoms with Crippen molar-refractivity contribution < 1.29 is 9.90 Å². The molecule has 2 saturated carbocycles. The Morgan fingerprint density at radius 2 is 2.16 bits per heavy atom. The minimum absolute atomic E-state index is 0.00817. The number of hydrogen-bond donors (Lipinski definition) is 2. The van der Waals surface area contributed by atoms with Crippen LogP contribution < -0.4 is 5.32 Å². The molecule has 4 heteroatoms. The number of aliphatic hydroxyl groups is 1. The normalized spacial score (nSPS) is 30.4. The lowest BCUT2D eigenvalue weighted by Gasteiger charge is -2.31. The highest BCUT2D eigenvalue weighted by Gasteiger charge is 2.42. The van der Waals surface area contributed by atoms with Crippen LogP contribution in [0, 0.1) is 17.8 Å². The highest BCUT2D eigenvalue weighted by atomic mass is 16.3. The number of urea groups is 1. The summed E-state index contributed by atoms with van der Waals surface area (Å²) < 4.78 is 0. The third-order valence-electron chi connectivity index (χ3n) is 4.94. The predicted octanol–water partition coefficient (Wildman–Crippen LogP) is 2.22. The summed E-state index contributed by atoms with van der Waals surface area (Å²) in [6, 6.07) is 0.257. The molecule has 0 heterocycles. The fraction of sp³-hybridized carbons (Fsp3) is 0.933. The van der Waals surface area contributed by atoms with E-state index in [1.54, 1.807) is 4.90 Å². The standard InChI is InChI=1S/C15H28N2O2/c1-3-6-17(7-8-18)15(19)16-11(2)14-10-12-4-5-13(14)9-12/h11-14,18H,3-10H2,1-2H3,(H,16,19). The Labute approximate surface area is 116 Å². The molecule has 2 aliphatic rings. The van der Waals surface area contributed by atoms with Crippen molar-refractivity contribution in [1.82, 2.24) is 10.2 Å². The van der Waals surface area contributed by atoms with Crippen molar-refractivity contribution in [2.75, 3.05) is 19.7 Å². The summed E-state index contributed by atoms with van der Waals surface area (Å²) in [5, 5.41) is 12.2. The van der Waals surface area contributed by atoms with E-state index in [4.69, 9.17) is 5.11 Å². The van der Waals surface area contributed by atoms with Gasteiger partial charge in [-0.2, -0.15) is 0 Å². The van der Waals surface area contributed by atoms with E-state index >= 15 is 0 Å². The van der Waals surface area contributed by atoms with Gasteiger partial charge in [0, 0.05) is 19.1 Å². The van der Waals surface area contributed by atoms with Crippen molar-refractivity contribution in [2.45, 2.75) is 52.0 Å². The summed E-state index contributed by atoms with van der Waals surface area (Å²) in [4.78, 5) is 13.9. The topological polar surface area (TPSA) is 52.6 Å². The molecule has 0 aromatic heterocycles. The first-order valence-corrected chi connectivity index (χ1v) is 7.82. The SMILES string of the molecule is CCCN(CCO)C(=O)NC(C)C1CC2CCC1C2. The predicted molar refractivity (Wildman–Crippen MR) is 75.9 cm³/mol. The van der Waals surface area contributed by atoms with Gasteiger partial charge < -0.3 is 15.3 Å². The molecule has 4 unspecified atom stereocenters. The lowest BCUT2D eigenvalue weighted by Crippen LogP contribution is -2.48. The summed E-state index contributed by atoms with van der Waals surface area (Å²) in [5.41, 5.74) is 0. The molecule has 4 atom stereocenters. The van der Waals surface area contributed by atoms with Crippen LogP contribution >= 0.6 is 0 Å². The average Bonchev–Trinajstić information content (AvgIpc) is 3.00.